The van der Waals surface area contributed by atoms with Crippen LogP contribution in [0.4, 0.5) is 0 Å². The molecule has 1 saturated carbocycles. The number of aromatic nitrogens is 1. The van der Waals surface area contributed by atoms with Crippen molar-refractivity contribution in [3.63, 3.8) is 0 Å². The first-order valence-corrected chi connectivity index (χ1v) is 15.0. The maximum Gasteiger partial charge on any atom is 0.323 e. The van der Waals surface area contributed by atoms with Crippen LogP contribution in [0, 0.1) is 34.5 Å². The van der Waals surface area contributed by atoms with Gasteiger partial charge in [0.25, 0.3) is 0 Å². The number of aliphatic hydroxyl groups is 1. The Kier molecular flexibility index (Phi) is 12.0. The van der Waals surface area contributed by atoms with E-state index in [1.807, 2.05) is 19.9 Å². The van der Waals surface area contributed by atoms with Gasteiger partial charge in [0.1, 0.15) is 37.3 Å². The first-order chi connectivity index (χ1) is 20.5. The molecule has 1 aliphatic carbocycles. The second kappa shape index (κ2) is 15.2. The summed E-state index contributed by atoms with van der Waals surface area (Å²) >= 11 is 0. The average Bonchev–Trinajstić information content (AvgIpc) is 3.73. The van der Waals surface area contributed by atoms with Crippen LogP contribution in [0.1, 0.15) is 84.0 Å². The zero-order valence-corrected chi connectivity index (χ0v) is 25.3. The molecule has 0 spiro atoms. The Hall–Kier alpha value is -3.60. The molecule has 1 aromatic rings. The molecule has 1 amide bonds. The highest BCUT2D eigenvalue weighted by Gasteiger charge is 2.59. The van der Waals surface area contributed by atoms with Gasteiger partial charge in [0.05, 0.1) is 11.4 Å². The van der Waals surface area contributed by atoms with Crippen molar-refractivity contribution < 1.29 is 33.7 Å². The number of nitriles is 1. The van der Waals surface area contributed by atoms with Gasteiger partial charge in [0.15, 0.2) is 11.9 Å². The summed E-state index contributed by atoms with van der Waals surface area (Å²) in [5, 5.41) is 32.0. The quantitative estimate of drug-likeness (QED) is 0.128. The minimum Gasteiger partial charge on any atom is -0.463 e. The second-order valence-electron chi connectivity index (χ2n) is 11.6. The highest BCUT2D eigenvalue weighted by atomic mass is 16.6. The van der Waals surface area contributed by atoms with Crippen molar-refractivity contribution in [3.8, 4) is 6.07 Å². The minimum atomic E-state index is -2.07. The number of aliphatic imine (C=N–C) groups is 1. The number of nitrogens with two attached hydrogens (primary N) is 1. The van der Waals surface area contributed by atoms with E-state index in [4.69, 9.17) is 25.4 Å². The van der Waals surface area contributed by atoms with Gasteiger partial charge in [-0.3, -0.25) is 19.8 Å². The number of aromatic amines is 1. The van der Waals surface area contributed by atoms with Crippen LogP contribution in [0.5, 0.6) is 0 Å². The smallest absolute Gasteiger partial charge is 0.323 e. The number of amidine groups is 1. The first kappa shape index (κ1) is 33.9. The van der Waals surface area contributed by atoms with E-state index in [1.165, 1.54) is 12.1 Å². The molecule has 1 saturated heterocycles. The fraction of sp³-hybridized carbons (Fsp3) is 0.667. The summed E-state index contributed by atoms with van der Waals surface area (Å²) in [5.41, 5.74) is 4.25. The number of ether oxygens (including phenoxy) is 3. The Morgan fingerprint density at radius 3 is 2.56 bits per heavy atom. The van der Waals surface area contributed by atoms with E-state index >= 15 is 0 Å². The Labute approximate surface area is 252 Å². The molecule has 0 radical (unpaired) electrons. The summed E-state index contributed by atoms with van der Waals surface area (Å²) in [4.78, 5) is 45.0. The van der Waals surface area contributed by atoms with Crippen LogP contribution in [0.15, 0.2) is 17.1 Å². The third-order valence-electron chi connectivity index (χ3n) is 8.31. The van der Waals surface area contributed by atoms with Crippen LogP contribution in [-0.4, -0.2) is 71.1 Å². The highest BCUT2D eigenvalue weighted by Crippen LogP contribution is 2.41. The summed E-state index contributed by atoms with van der Waals surface area (Å²) in [6.45, 7) is 6.91. The summed E-state index contributed by atoms with van der Waals surface area (Å²) in [6.07, 6.45) is 2.03. The summed E-state index contributed by atoms with van der Waals surface area (Å²) in [7, 11) is 0. The standard InChI is InChI=1S/C30H44N6O7/c1-5-19(6-2)28(39)36-27(34-16-32)20-11-12-22(35-20)30(15-31)26(38)25(42-29(40)24(33)17(3)4)21(43-30)14-41-23(37)13-18-9-7-8-10-18/h11-12,16-19,21,24-26,35,38H,5-10,13-14,33H2,1-4H3,(H2,32,34,36,39)/t21-,24+,25-,26-,30+/m1/s1. The van der Waals surface area contributed by atoms with E-state index in [-0.39, 0.29) is 53.9 Å². The van der Waals surface area contributed by atoms with E-state index in [1.54, 1.807) is 13.8 Å². The van der Waals surface area contributed by atoms with Gasteiger partial charge >= 0.3 is 11.9 Å². The molecule has 1 aromatic heterocycles. The molecule has 236 valence electrons. The fourth-order valence-electron chi connectivity index (χ4n) is 5.49. The Bertz CT molecular complexity index is 1210. The Balaban J connectivity index is 1.88. The molecule has 13 nitrogen and oxygen atoms in total. The lowest BCUT2D eigenvalue weighted by Crippen LogP contribution is -2.46. The zero-order valence-electron chi connectivity index (χ0n) is 25.3. The molecule has 1 aliphatic heterocycles. The summed E-state index contributed by atoms with van der Waals surface area (Å²) in [6, 6.07) is 3.99. The van der Waals surface area contributed by atoms with E-state index < -0.39 is 41.9 Å². The predicted octanol–water partition coefficient (Wildman–Crippen LogP) is 2.42. The van der Waals surface area contributed by atoms with Crippen LogP contribution in [-0.2, 0) is 34.2 Å². The number of H-pyrrole nitrogens is 1. The molecule has 2 aliphatic rings. The number of amides is 1. The van der Waals surface area contributed by atoms with Crippen molar-refractivity contribution in [2.24, 2.45) is 28.5 Å². The number of hydrogen-bond donors (Lipinski definition) is 5. The van der Waals surface area contributed by atoms with Crippen molar-refractivity contribution in [1.82, 2.24) is 10.3 Å². The molecule has 0 unspecified atom stereocenters. The average molecular weight is 601 g/mol. The zero-order chi connectivity index (χ0) is 31.7. The van der Waals surface area contributed by atoms with Gasteiger partial charge < -0.3 is 35.4 Å². The van der Waals surface area contributed by atoms with E-state index in [9.17, 15) is 24.8 Å². The number of aliphatic hydroxyl groups excluding tert-OH is 1. The van der Waals surface area contributed by atoms with Crippen LogP contribution >= 0.6 is 0 Å². The lowest BCUT2D eigenvalue weighted by molar-refractivity contribution is -0.162. The topological polar surface area (TPSA) is 213 Å². The van der Waals surface area contributed by atoms with Crippen molar-refractivity contribution >= 4 is 30.0 Å². The fourth-order valence-corrected chi connectivity index (χ4v) is 5.49. The molecule has 6 N–H and O–H groups in total. The normalized spacial score (nSPS) is 25.0. The lowest BCUT2D eigenvalue weighted by Gasteiger charge is -2.25. The maximum atomic E-state index is 12.8. The largest absolute Gasteiger partial charge is 0.463 e. The van der Waals surface area contributed by atoms with Crippen LogP contribution in [0.2, 0.25) is 0 Å². The van der Waals surface area contributed by atoms with E-state index in [2.05, 4.69) is 15.3 Å². The van der Waals surface area contributed by atoms with Gasteiger partial charge in [-0.25, -0.2) is 4.99 Å². The van der Waals surface area contributed by atoms with Crippen LogP contribution in [0.3, 0.4) is 0 Å². The number of carbonyl (C=O) groups excluding carboxylic acids is 3. The third-order valence-corrected chi connectivity index (χ3v) is 8.31. The number of nitrogens with one attached hydrogen (secondary N) is 3. The van der Waals surface area contributed by atoms with Gasteiger partial charge in [-0.1, -0.05) is 40.5 Å². The van der Waals surface area contributed by atoms with E-state index in [0.717, 1.165) is 32.0 Å². The maximum absolute atomic E-state index is 12.8. The van der Waals surface area contributed by atoms with Gasteiger partial charge in [-0.2, -0.15) is 5.26 Å². The van der Waals surface area contributed by atoms with Crippen molar-refractivity contribution in [3.05, 3.63) is 23.5 Å². The van der Waals surface area contributed by atoms with Crippen molar-refractivity contribution in [2.45, 2.75) is 103 Å². The summed E-state index contributed by atoms with van der Waals surface area (Å²) < 4.78 is 17.1. The molecule has 2 fully saturated rings. The van der Waals surface area contributed by atoms with Crippen molar-refractivity contribution in [2.75, 3.05) is 6.61 Å². The molecule has 2 heterocycles. The number of esters is 2. The monoisotopic (exact) mass is 600 g/mol. The van der Waals surface area contributed by atoms with Gasteiger partial charge in [0, 0.05) is 12.3 Å². The van der Waals surface area contributed by atoms with Gasteiger partial charge in [-0.05, 0) is 49.7 Å². The second-order valence-corrected chi connectivity index (χ2v) is 11.6. The van der Waals surface area contributed by atoms with E-state index in [0.29, 0.717) is 12.8 Å². The van der Waals surface area contributed by atoms with Crippen LogP contribution in [0.25, 0.3) is 0 Å². The number of hydrogen-bond acceptors (Lipinski definition) is 10. The molecule has 5 atom stereocenters. The summed E-state index contributed by atoms with van der Waals surface area (Å²) in [5.74, 6) is -1.74. The Morgan fingerprint density at radius 1 is 1.30 bits per heavy atom. The number of carbonyl (C=O) groups is 3. The van der Waals surface area contributed by atoms with Gasteiger partial charge in [0.2, 0.25) is 11.5 Å². The Morgan fingerprint density at radius 2 is 1.98 bits per heavy atom. The van der Waals surface area contributed by atoms with Gasteiger partial charge in [-0.15, -0.1) is 0 Å². The molecule has 0 bridgehead atoms. The molecule has 13 heteroatoms. The molecular formula is C30H44N6O7. The minimum absolute atomic E-state index is 0.0435. The van der Waals surface area contributed by atoms with Crippen molar-refractivity contribution in [1.29, 1.82) is 10.7 Å². The number of nitrogens with zero attached hydrogens (tertiary/aromatic N) is 2. The molecular weight excluding hydrogens is 556 g/mol. The first-order valence-electron chi connectivity index (χ1n) is 15.0. The molecule has 0 aromatic carbocycles. The molecule has 3 rings (SSSR count). The third kappa shape index (κ3) is 7.87. The highest BCUT2D eigenvalue weighted by molar-refractivity contribution is 6.09. The lowest BCUT2D eigenvalue weighted by atomic mass is 9.92. The van der Waals surface area contributed by atoms with Crippen LogP contribution < -0.4 is 11.1 Å². The molecule has 43 heavy (non-hydrogen) atoms. The SMILES string of the molecule is CCC(CC)C(=O)N/C(=N/C=N)c1ccc([C@]2(C#N)O[C@H](COC(=O)CC3CCCC3)[C@@H](OC(=O)[C@@H](N)C(C)C)[C@H]2O)[nH]1. The number of rotatable bonds is 13. The predicted molar refractivity (Wildman–Crippen MR) is 157 cm³/mol.